The first-order valence-corrected chi connectivity index (χ1v) is 7.21. The van der Waals surface area contributed by atoms with E-state index in [0.717, 1.165) is 30.2 Å². The second kappa shape index (κ2) is 8.41. The third-order valence-electron chi connectivity index (χ3n) is 3.38. The zero-order chi connectivity index (χ0) is 14.3. The molecule has 0 spiro atoms. The van der Waals surface area contributed by atoms with Crippen LogP contribution >= 0.6 is 11.6 Å². The van der Waals surface area contributed by atoms with Crippen molar-refractivity contribution in [3.8, 4) is 0 Å². The molecule has 0 amide bonds. The van der Waals surface area contributed by atoms with Crippen molar-refractivity contribution < 1.29 is 4.74 Å². The molecule has 1 atom stereocenters. The SMILES string of the molecule is CCC(C)N(CCOC)c1c(Cl)cccc1CNC. The molecule has 1 N–H and O–H groups in total. The van der Waals surface area contributed by atoms with E-state index in [-0.39, 0.29) is 0 Å². The maximum Gasteiger partial charge on any atom is 0.0643 e. The second-order valence-electron chi connectivity index (χ2n) is 4.72. The highest BCUT2D eigenvalue weighted by Gasteiger charge is 2.18. The first kappa shape index (κ1) is 16.3. The molecule has 108 valence electrons. The predicted octanol–water partition coefficient (Wildman–Crippen LogP) is 3.31. The zero-order valence-corrected chi connectivity index (χ0v) is 13.1. The fourth-order valence-electron chi connectivity index (χ4n) is 2.18. The van der Waals surface area contributed by atoms with Crippen molar-refractivity contribution in [2.24, 2.45) is 0 Å². The molecule has 0 radical (unpaired) electrons. The van der Waals surface area contributed by atoms with Crippen molar-refractivity contribution in [1.29, 1.82) is 0 Å². The van der Waals surface area contributed by atoms with Gasteiger partial charge in [0.05, 0.1) is 17.3 Å². The Kier molecular flexibility index (Phi) is 7.21. The van der Waals surface area contributed by atoms with Gasteiger partial charge in [-0.25, -0.2) is 0 Å². The number of nitrogens with one attached hydrogen (secondary N) is 1. The van der Waals surface area contributed by atoms with E-state index < -0.39 is 0 Å². The molecule has 0 aliphatic carbocycles. The van der Waals surface area contributed by atoms with Crippen molar-refractivity contribution in [2.45, 2.75) is 32.9 Å². The van der Waals surface area contributed by atoms with Crippen LogP contribution in [0.3, 0.4) is 0 Å². The van der Waals surface area contributed by atoms with Crippen LogP contribution in [0.1, 0.15) is 25.8 Å². The molecule has 0 aliphatic heterocycles. The highest BCUT2D eigenvalue weighted by atomic mass is 35.5. The molecule has 1 aromatic rings. The highest BCUT2D eigenvalue weighted by Crippen LogP contribution is 2.31. The Morgan fingerprint density at radius 3 is 2.74 bits per heavy atom. The normalized spacial score (nSPS) is 12.5. The van der Waals surface area contributed by atoms with Gasteiger partial charge < -0.3 is 15.0 Å². The van der Waals surface area contributed by atoms with Crippen LogP contribution in [0.2, 0.25) is 5.02 Å². The van der Waals surface area contributed by atoms with Crippen LogP contribution < -0.4 is 10.2 Å². The van der Waals surface area contributed by atoms with Gasteiger partial charge in [-0.3, -0.25) is 0 Å². The summed E-state index contributed by atoms with van der Waals surface area (Å²) in [6.07, 6.45) is 1.08. The van der Waals surface area contributed by atoms with Gasteiger partial charge in [0.15, 0.2) is 0 Å². The van der Waals surface area contributed by atoms with Crippen LogP contribution in [0.5, 0.6) is 0 Å². The minimum absolute atomic E-state index is 0.436. The average molecular weight is 285 g/mol. The molecule has 0 fully saturated rings. The lowest BCUT2D eigenvalue weighted by atomic mass is 10.1. The average Bonchev–Trinajstić information content (AvgIpc) is 2.41. The number of methoxy groups -OCH3 is 1. The van der Waals surface area contributed by atoms with Crippen molar-refractivity contribution in [1.82, 2.24) is 5.32 Å². The maximum absolute atomic E-state index is 6.43. The van der Waals surface area contributed by atoms with Crippen molar-refractivity contribution in [3.63, 3.8) is 0 Å². The number of para-hydroxylation sites is 1. The number of halogens is 1. The van der Waals surface area contributed by atoms with E-state index in [4.69, 9.17) is 16.3 Å². The Morgan fingerprint density at radius 1 is 1.42 bits per heavy atom. The smallest absolute Gasteiger partial charge is 0.0643 e. The number of ether oxygens (including phenoxy) is 1. The number of hydrogen-bond donors (Lipinski definition) is 1. The molecule has 0 aliphatic rings. The van der Waals surface area contributed by atoms with Gasteiger partial charge in [-0.2, -0.15) is 0 Å². The Balaban J connectivity index is 3.11. The third kappa shape index (κ3) is 4.37. The van der Waals surface area contributed by atoms with Crippen molar-refractivity contribution in [3.05, 3.63) is 28.8 Å². The Bertz CT molecular complexity index is 384. The van der Waals surface area contributed by atoms with Crippen LogP contribution in [-0.2, 0) is 11.3 Å². The summed E-state index contributed by atoms with van der Waals surface area (Å²) in [6.45, 7) is 6.79. The molecule has 1 rings (SSSR count). The number of hydrogen-bond acceptors (Lipinski definition) is 3. The molecular weight excluding hydrogens is 260 g/mol. The zero-order valence-electron chi connectivity index (χ0n) is 12.4. The molecule has 0 aromatic heterocycles. The van der Waals surface area contributed by atoms with Crippen LogP contribution in [0.4, 0.5) is 5.69 Å². The monoisotopic (exact) mass is 284 g/mol. The number of rotatable bonds is 8. The molecule has 0 bridgehead atoms. The number of anilines is 1. The largest absolute Gasteiger partial charge is 0.383 e. The van der Waals surface area contributed by atoms with Crippen molar-refractivity contribution >= 4 is 17.3 Å². The van der Waals surface area contributed by atoms with Gasteiger partial charge in [0, 0.05) is 26.2 Å². The third-order valence-corrected chi connectivity index (χ3v) is 3.69. The molecule has 0 saturated heterocycles. The number of benzene rings is 1. The van der Waals surface area contributed by atoms with Crippen LogP contribution in [0, 0.1) is 0 Å². The van der Waals surface area contributed by atoms with Gasteiger partial charge in [0.1, 0.15) is 0 Å². The molecule has 4 heteroatoms. The van der Waals surface area contributed by atoms with Gasteiger partial charge in [0.25, 0.3) is 0 Å². The van der Waals surface area contributed by atoms with E-state index in [1.54, 1.807) is 7.11 Å². The first-order chi connectivity index (χ1) is 9.15. The summed E-state index contributed by atoms with van der Waals surface area (Å²) in [5.74, 6) is 0. The Morgan fingerprint density at radius 2 is 2.16 bits per heavy atom. The minimum Gasteiger partial charge on any atom is -0.383 e. The number of nitrogens with zero attached hydrogens (tertiary/aromatic N) is 1. The van der Waals surface area contributed by atoms with E-state index in [0.29, 0.717) is 12.6 Å². The molecule has 1 aromatic carbocycles. The Labute approximate surface area is 121 Å². The van der Waals surface area contributed by atoms with E-state index in [2.05, 4.69) is 30.1 Å². The van der Waals surface area contributed by atoms with Crippen LogP contribution in [0.25, 0.3) is 0 Å². The summed E-state index contributed by atoms with van der Waals surface area (Å²) in [7, 11) is 3.68. The molecule has 19 heavy (non-hydrogen) atoms. The first-order valence-electron chi connectivity index (χ1n) is 6.83. The molecule has 3 nitrogen and oxygen atoms in total. The predicted molar refractivity (Wildman–Crippen MR) is 83.2 cm³/mol. The van der Waals surface area contributed by atoms with Gasteiger partial charge in [-0.1, -0.05) is 30.7 Å². The van der Waals surface area contributed by atoms with Gasteiger partial charge in [-0.05, 0) is 32.0 Å². The summed E-state index contributed by atoms with van der Waals surface area (Å²) < 4.78 is 5.23. The summed E-state index contributed by atoms with van der Waals surface area (Å²) in [6, 6.07) is 6.52. The van der Waals surface area contributed by atoms with Crippen molar-refractivity contribution in [2.75, 3.05) is 32.2 Å². The summed E-state index contributed by atoms with van der Waals surface area (Å²) >= 11 is 6.43. The van der Waals surface area contributed by atoms with E-state index >= 15 is 0 Å². The second-order valence-corrected chi connectivity index (χ2v) is 5.13. The minimum atomic E-state index is 0.436. The summed E-state index contributed by atoms with van der Waals surface area (Å²) in [4.78, 5) is 2.35. The lowest BCUT2D eigenvalue weighted by Gasteiger charge is -2.33. The topological polar surface area (TPSA) is 24.5 Å². The van der Waals surface area contributed by atoms with Crippen LogP contribution in [-0.4, -0.2) is 33.4 Å². The Hall–Kier alpha value is -0.770. The molecule has 0 heterocycles. The van der Waals surface area contributed by atoms with E-state index in [1.165, 1.54) is 5.56 Å². The lowest BCUT2D eigenvalue weighted by Crippen LogP contribution is -2.36. The highest BCUT2D eigenvalue weighted by molar-refractivity contribution is 6.33. The summed E-state index contributed by atoms with van der Waals surface area (Å²) in [5, 5.41) is 4.01. The van der Waals surface area contributed by atoms with E-state index in [1.807, 2.05) is 19.2 Å². The molecule has 1 unspecified atom stereocenters. The van der Waals surface area contributed by atoms with Gasteiger partial charge in [-0.15, -0.1) is 0 Å². The quantitative estimate of drug-likeness (QED) is 0.793. The fraction of sp³-hybridized carbons (Fsp3) is 0.600. The van der Waals surface area contributed by atoms with Gasteiger partial charge in [0.2, 0.25) is 0 Å². The lowest BCUT2D eigenvalue weighted by molar-refractivity contribution is 0.203. The standard InChI is InChI=1S/C15H25ClN2O/c1-5-12(2)18(9-10-19-4)15-13(11-17-3)7-6-8-14(15)16/h6-8,12,17H,5,9-11H2,1-4H3. The van der Waals surface area contributed by atoms with Crippen LogP contribution in [0.15, 0.2) is 18.2 Å². The van der Waals surface area contributed by atoms with Gasteiger partial charge >= 0.3 is 0 Å². The fourth-order valence-corrected chi connectivity index (χ4v) is 2.48. The van der Waals surface area contributed by atoms with E-state index in [9.17, 15) is 0 Å². The molecule has 0 saturated carbocycles. The summed E-state index contributed by atoms with van der Waals surface area (Å²) in [5.41, 5.74) is 2.36. The maximum atomic E-state index is 6.43. The molecular formula is C15H25ClN2O.